The van der Waals surface area contributed by atoms with Crippen LogP contribution in [0.15, 0.2) is 60.7 Å². The maximum absolute atomic E-state index is 14.5. The first-order valence-corrected chi connectivity index (χ1v) is 9.10. The van der Waals surface area contributed by atoms with E-state index >= 15 is 0 Å². The van der Waals surface area contributed by atoms with Gasteiger partial charge in [-0.05, 0) is 36.4 Å². The number of halogens is 2. The fourth-order valence-corrected chi connectivity index (χ4v) is 3.46. The fourth-order valence-electron chi connectivity index (χ4n) is 3.23. The minimum atomic E-state index is -0.348. The first-order valence-electron chi connectivity index (χ1n) is 8.72. The largest absolute Gasteiger partial charge is 0.497 e. The summed E-state index contributed by atoms with van der Waals surface area (Å²) in [5, 5.41) is 0.381. The second kappa shape index (κ2) is 7.52. The molecule has 0 spiro atoms. The van der Waals surface area contributed by atoms with Gasteiger partial charge in [-0.1, -0.05) is 29.8 Å². The van der Waals surface area contributed by atoms with Crippen molar-refractivity contribution < 1.29 is 13.9 Å². The van der Waals surface area contributed by atoms with Crippen molar-refractivity contribution in [3.8, 4) is 22.9 Å². The molecule has 28 heavy (non-hydrogen) atoms. The average Bonchev–Trinajstić information content (AvgIpc) is 3.09. The van der Waals surface area contributed by atoms with Crippen molar-refractivity contribution in [1.82, 2.24) is 9.55 Å². The Morgan fingerprint density at radius 1 is 0.964 bits per heavy atom. The Labute approximate surface area is 167 Å². The lowest BCUT2D eigenvalue weighted by Gasteiger charge is -2.13. The number of rotatable bonds is 5. The molecular weight excluding hydrogens is 379 g/mol. The molecule has 0 fully saturated rings. The summed E-state index contributed by atoms with van der Waals surface area (Å²) in [5.74, 6) is 1.63. The summed E-state index contributed by atoms with van der Waals surface area (Å²) in [6, 6.07) is 18.0. The standard InChI is InChI=1S/C22H18ClFN2O2/c1-27-15-10-14(11-16(12-15)28-2)22-25-20-8-3-4-9-21(20)26(22)13-17-18(23)6-5-7-19(17)24/h3-12H,13H2,1-2H3. The van der Waals surface area contributed by atoms with Gasteiger partial charge in [-0.3, -0.25) is 0 Å². The van der Waals surface area contributed by atoms with E-state index in [4.69, 9.17) is 26.1 Å². The molecule has 142 valence electrons. The van der Waals surface area contributed by atoms with Gasteiger partial charge < -0.3 is 14.0 Å². The maximum atomic E-state index is 14.5. The van der Waals surface area contributed by atoms with E-state index in [0.29, 0.717) is 27.9 Å². The van der Waals surface area contributed by atoms with Gasteiger partial charge in [0.15, 0.2) is 0 Å². The number of hydrogen-bond acceptors (Lipinski definition) is 3. The van der Waals surface area contributed by atoms with E-state index in [2.05, 4.69) is 0 Å². The summed E-state index contributed by atoms with van der Waals surface area (Å²) < 4.78 is 27.2. The van der Waals surface area contributed by atoms with Crippen molar-refractivity contribution in [3.05, 3.63) is 77.1 Å². The normalized spacial score (nSPS) is 11.0. The van der Waals surface area contributed by atoms with E-state index in [-0.39, 0.29) is 12.4 Å². The van der Waals surface area contributed by atoms with Gasteiger partial charge in [0, 0.05) is 22.2 Å². The van der Waals surface area contributed by atoms with E-state index in [0.717, 1.165) is 16.6 Å². The first-order chi connectivity index (χ1) is 13.6. The van der Waals surface area contributed by atoms with Crippen molar-refractivity contribution in [2.45, 2.75) is 6.54 Å². The molecule has 0 aliphatic rings. The zero-order valence-electron chi connectivity index (χ0n) is 15.4. The third-order valence-corrected chi connectivity index (χ3v) is 5.00. The van der Waals surface area contributed by atoms with Crippen molar-refractivity contribution in [2.75, 3.05) is 14.2 Å². The van der Waals surface area contributed by atoms with Gasteiger partial charge in [-0.15, -0.1) is 0 Å². The predicted molar refractivity (Wildman–Crippen MR) is 109 cm³/mol. The number of nitrogens with zero attached hydrogens (tertiary/aromatic N) is 2. The highest BCUT2D eigenvalue weighted by Crippen LogP contribution is 2.33. The number of fused-ring (bicyclic) bond motifs is 1. The second-order valence-electron chi connectivity index (χ2n) is 6.31. The molecule has 0 amide bonds. The van der Waals surface area contributed by atoms with Crippen LogP contribution in [0.4, 0.5) is 4.39 Å². The monoisotopic (exact) mass is 396 g/mol. The molecular formula is C22H18ClFN2O2. The molecule has 0 saturated heterocycles. The molecule has 0 N–H and O–H groups in total. The number of aromatic nitrogens is 2. The Bertz CT molecular complexity index is 1110. The second-order valence-corrected chi connectivity index (χ2v) is 6.72. The minimum absolute atomic E-state index is 0.251. The highest BCUT2D eigenvalue weighted by atomic mass is 35.5. The summed E-state index contributed by atoms with van der Waals surface area (Å²) in [4.78, 5) is 4.78. The van der Waals surface area contributed by atoms with Crippen LogP contribution in [0.1, 0.15) is 5.56 Å². The van der Waals surface area contributed by atoms with E-state index in [9.17, 15) is 4.39 Å². The Morgan fingerprint density at radius 2 is 1.68 bits per heavy atom. The maximum Gasteiger partial charge on any atom is 0.141 e. The number of ether oxygens (including phenoxy) is 2. The van der Waals surface area contributed by atoms with Gasteiger partial charge in [-0.25, -0.2) is 9.37 Å². The van der Waals surface area contributed by atoms with Crippen molar-refractivity contribution >= 4 is 22.6 Å². The number of imidazole rings is 1. The third-order valence-electron chi connectivity index (χ3n) is 4.64. The summed E-state index contributed by atoms with van der Waals surface area (Å²) in [7, 11) is 3.20. The molecule has 0 unspecified atom stereocenters. The molecule has 0 radical (unpaired) electrons. The Kier molecular flexibility index (Phi) is 4.92. The number of benzene rings is 3. The highest BCUT2D eigenvalue weighted by molar-refractivity contribution is 6.31. The summed E-state index contributed by atoms with van der Waals surface area (Å²) >= 11 is 6.28. The van der Waals surface area contributed by atoms with E-state index in [1.807, 2.05) is 41.0 Å². The lowest BCUT2D eigenvalue weighted by molar-refractivity contribution is 0.394. The van der Waals surface area contributed by atoms with Crippen molar-refractivity contribution in [3.63, 3.8) is 0 Å². The number of para-hydroxylation sites is 2. The van der Waals surface area contributed by atoms with Crippen LogP contribution < -0.4 is 9.47 Å². The van der Waals surface area contributed by atoms with E-state index in [1.54, 1.807) is 32.4 Å². The van der Waals surface area contributed by atoms with Gasteiger partial charge in [0.1, 0.15) is 23.1 Å². The lowest BCUT2D eigenvalue weighted by Crippen LogP contribution is -2.05. The van der Waals surface area contributed by atoms with Crippen LogP contribution >= 0.6 is 11.6 Å². The zero-order chi connectivity index (χ0) is 19.7. The van der Waals surface area contributed by atoms with Gasteiger partial charge in [-0.2, -0.15) is 0 Å². The SMILES string of the molecule is COc1cc(OC)cc(-c2nc3ccccc3n2Cc2c(F)cccc2Cl)c1. The lowest BCUT2D eigenvalue weighted by atomic mass is 10.1. The summed E-state index contributed by atoms with van der Waals surface area (Å²) in [6.45, 7) is 0.251. The Hall–Kier alpha value is -3.05. The average molecular weight is 397 g/mol. The molecule has 1 heterocycles. The molecule has 4 aromatic rings. The Morgan fingerprint density at radius 3 is 2.36 bits per heavy atom. The molecule has 4 nitrogen and oxygen atoms in total. The van der Waals surface area contributed by atoms with Crippen molar-refractivity contribution in [1.29, 1.82) is 0 Å². The van der Waals surface area contributed by atoms with Crippen molar-refractivity contribution in [2.24, 2.45) is 0 Å². The number of hydrogen-bond donors (Lipinski definition) is 0. The molecule has 3 aromatic carbocycles. The quantitative estimate of drug-likeness (QED) is 0.443. The van der Waals surface area contributed by atoms with Gasteiger partial charge in [0.25, 0.3) is 0 Å². The number of methoxy groups -OCH3 is 2. The smallest absolute Gasteiger partial charge is 0.141 e. The third kappa shape index (κ3) is 3.29. The topological polar surface area (TPSA) is 36.3 Å². The first kappa shape index (κ1) is 18.3. The Balaban J connectivity index is 1.94. The molecule has 1 aromatic heterocycles. The van der Waals surface area contributed by atoms with Gasteiger partial charge >= 0.3 is 0 Å². The fraction of sp³-hybridized carbons (Fsp3) is 0.136. The molecule has 0 atom stereocenters. The van der Waals surface area contributed by atoms with Crippen LogP contribution in [0.3, 0.4) is 0 Å². The van der Waals surface area contributed by atoms with Crippen LogP contribution in [0.5, 0.6) is 11.5 Å². The van der Waals surface area contributed by atoms with Crippen LogP contribution in [-0.2, 0) is 6.54 Å². The van der Waals surface area contributed by atoms with E-state index in [1.165, 1.54) is 6.07 Å². The summed E-state index contributed by atoms with van der Waals surface area (Å²) in [6.07, 6.45) is 0. The highest BCUT2D eigenvalue weighted by Gasteiger charge is 2.17. The van der Waals surface area contributed by atoms with Gasteiger partial charge in [0.2, 0.25) is 0 Å². The van der Waals surface area contributed by atoms with Crippen LogP contribution in [0, 0.1) is 5.82 Å². The summed E-state index contributed by atoms with van der Waals surface area (Å²) in [5.41, 5.74) is 2.92. The molecule has 0 saturated carbocycles. The molecule has 4 rings (SSSR count). The van der Waals surface area contributed by atoms with Crippen LogP contribution in [0.25, 0.3) is 22.4 Å². The molecule has 0 bridgehead atoms. The molecule has 0 aliphatic heterocycles. The molecule has 6 heteroatoms. The van der Waals surface area contributed by atoms with E-state index < -0.39 is 0 Å². The zero-order valence-corrected chi connectivity index (χ0v) is 16.2. The van der Waals surface area contributed by atoms with Crippen LogP contribution in [-0.4, -0.2) is 23.8 Å². The molecule has 0 aliphatic carbocycles. The van der Waals surface area contributed by atoms with Crippen LogP contribution in [0.2, 0.25) is 5.02 Å². The minimum Gasteiger partial charge on any atom is -0.497 e. The predicted octanol–water partition coefficient (Wildman–Crippen LogP) is 5.56. The van der Waals surface area contributed by atoms with Gasteiger partial charge in [0.05, 0.1) is 31.8 Å².